The molecule has 1 heterocycles. The van der Waals surface area contributed by atoms with Crippen LogP contribution in [0.15, 0.2) is 24.3 Å². The number of quaternary nitrogens is 1. The Bertz CT molecular complexity index is 744. The van der Waals surface area contributed by atoms with Crippen molar-refractivity contribution in [1.82, 2.24) is 10.2 Å². The summed E-state index contributed by atoms with van der Waals surface area (Å²) in [5.41, 5.74) is 5.88. The third kappa shape index (κ3) is 7.51. The molecule has 31 heavy (non-hydrogen) atoms. The highest BCUT2D eigenvalue weighted by atomic mass is 35.5. The maximum absolute atomic E-state index is 12.6. The molecule has 0 aliphatic carbocycles. The summed E-state index contributed by atoms with van der Waals surface area (Å²) < 4.78 is 0. The molecule has 0 radical (unpaired) electrons. The molecule has 1 aromatic rings. The molecule has 1 fully saturated rings. The lowest BCUT2D eigenvalue weighted by atomic mass is 9.94. The monoisotopic (exact) mass is 452 g/mol. The first-order valence-electron chi connectivity index (χ1n) is 10.9. The number of carbonyl (C=O) groups is 3. The van der Waals surface area contributed by atoms with Gasteiger partial charge in [-0.05, 0) is 43.4 Å². The zero-order chi connectivity index (χ0) is 22.4. The minimum Gasteiger partial charge on any atom is -1.00 e. The molecule has 0 bridgehead atoms. The number of likely N-dealkylation sites (tertiary alicyclic amines) is 1. The quantitative estimate of drug-likeness (QED) is 0.482. The van der Waals surface area contributed by atoms with Crippen LogP contribution < -0.4 is 28.8 Å². The molecule has 8 heteroatoms. The van der Waals surface area contributed by atoms with E-state index in [-0.39, 0.29) is 48.0 Å². The second kappa shape index (κ2) is 12.1. The summed E-state index contributed by atoms with van der Waals surface area (Å²) in [6, 6.07) is 6.85. The van der Waals surface area contributed by atoms with Gasteiger partial charge in [0.25, 0.3) is 5.91 Å². The minimum atomic E-state index is -0.632. The summed E-state index contributed by atoms with van der Waals surface area (Å²) in [5, 5.41) is 5.67. The number of nitrogens with zero attached hydrogens (tertiary/aromatic N) is 1. The van der Waals surface area contributed by atoms with Gasteiger partial charge in [-0.15, -0.1) is 0 Å². The lowest BCUT2D eigenvalue weighted by Gasteiger charge is -2.33. The van der Waals surface area contributed by atoms with Crippen LogP contribution in [0.3, 0.4) is 0 Å². The van der Waals surface area contributed by atoms with E-state index in [1.54, 1.807) is 11.8 Å². The van der Waals surface area contributed by atoms with Crippen LogP contribution >= 0.6 is 0 Å². The van der Waals surface area contributed by atoms with Crippen molar-refractivity contribution >= 4 is 23.4 Å². The van der Waals surface area contributed by atoms with Gasteiger partial charge in [0.2, 0.25) is 11.8 Å². The lowest BCUT2D eigenvalue weighted by molar-refractivity contribution is -0.416. The summed E-state index contributed by atoms with van der Waals surface area (Å²) in [6.45, 7) is 11.0. The lowest BCUT2D eigenvalue weighted by Crippen LogP contribution is -3.00. The van der Waals surface area contributed by atoms with E-state index in [1.165, 1.54) is 5.56 Å². The first kappa shape index (κ1) is 26.9. The average Bonchev–Trinajstić information content (AvgIpc) is 2.72. The van der Waals surface area contributed by atoms with Crippen molar-refractivity contribution in [3.05, 3.63) is 29.8 Å². The SMILES string of the molecule is CC(C)c1ccc(NC(=O)[C@H](C)NC(=O)C2CCN(C(=O)[C@@H]([NH3+])C(C)C)CC2)cc1.[Cl-]. The van der Waals surface area contributed by atoms with Gasteiger partial charge in [-0.25, -0.2) is 0 Å². The summed E-state index contributed by atoms with van der Waals surface area (Å²) in [5.74, 6) is 0.121. The molecular weight excluding hydrogens is 416 g/mol. The highest BCUT2D eigenvalue weighted by Crippen LogP contribution is 2.20. The largest absolute Gasteiger partial charge is 1.00 e. The van der Waals surface area contributed by atoms with E-state index >= 15 is 0 Å². The van der Waals surface area contributed by atoms with Crippen molar-refractivity contribution in [2.45, 2.75) is 65.5 Å². The van der Waals surface area contributed by atoms with Crippen molar-refractivity contribution < 1.29 is 32.5 Å². The molecule has 2 rings (SSSR count). The molecule has 1 aromatic carbocycles. The normalized spacial score (nSPS) is 16.5. The summed E-state index contributed by atoms with van der Waals surface area (Å²) in [4.78, 5) is 39.3. The number of rotatable bonds is 7. The maximum Gasteiger partial charge on any atom is 0.280 e. The zero-order valence-electron chi connectivity index (χ0n) is 19.3. The first-order valence-corrected chi connectivity index (χ1v) is 10.9. The van der Waals surface area contributed by atoms with Gasteiger partial charge >= 0.3 is 0 Å². The Morgan fingerprint density at radius 1 is 1.00 bits per heavy atom. The third-order valence-electron chi connectivity index (χ3n) is 5.90. The van der Waals surface area contributed by atoms with Crippen LogP contribution in [0, 0.1) is 11.8 Å². The van der Waals surface area contributed by atoms with Crippen LogP contribution in [0.1, 0.15) is 58.9 Å². The summed E-state index contributed by atoms with van der Waals surface area (Å²) >= 11 is 0. The van der Waals surface area contributed by atoms with Crippen molar-refractivity contribution in [2.75, 3.05) is 18.4 Å². The molecule has 0 unspecified atom stereocenters. The van der Waals surface area contributed by atoms with Crippen LogP contribution in [-0.4, -0.2) is 47.8 Å². The highest BCUT2D eigenvalue weighted by molar-refractivity contribution is 5.97. The van der Waals surface area contributed by atoms with Crippen molar-refractivity contribution in [2.24, 2.45) is 11.8 Å². The fraction of sp³-hybridized carbons (Fsp3) is 0.609. The van der Waals surface area contributed by atoms with E-state index < -0.39 is 6.04 Å². The molecule has 1 aliphatic rings. The molecule has 0 saturated carbocycles. The number of amides is 3. The summed E-state index contributed by atoms with van der Waals surface area (Å²) in [6.07, 6.45) is 1.21. The molecule has 1 aliphatic heterocycles. The highest BCUT2D eigenvalue weighted by Gasteiger charge is 2.32. The molecular formula is C23H37ClN4O3. The van der Waals surface area contributed by atoms with E-state index in [9.17, 15) is 14.4 Å². The van der Waals surface area contributed by atoms with Gasteiger partial charge in [-0.3, -0.25) is 14.4 Å². The number of halogens is 1. The Kier molecular flexibility index (Phi) is 10.5. The van der Waals surface area contributed by atoms with Gasteiger partial charge in [0.05, 0.1) is 0 Å². The number of hydrogen-bond donors (Lipinski definition) is 3. The molecule has 5 N–H and O–H groups in total. The number of nitrogens with one attached hydrogen (secondary N) is 2. The number of piperidine rings is 1. The van der Waals surface area contributed by atoms with Crippen molar-refractivity contribution in [3.63, 3.8) is 0 Å². The molecule has 7 nitrogen and oxygen atoms in total. The zero-order valence-corrected chi connectivity index (χ0v) is 20.0. The van der Waals surface area contributed by atoms with Gasteiger partial charge in [0, 0.05) is 30.6 Å². The van der Waals surface area contributed by atoms with E-state index in [1.807, 2.05) is 38.1 Å². The van der Waals surface area contributed by atoms with E-state index in [0.29, 0.717) is 37.5 Å². The minimum absolute atomic E-state index is 0. The Hall–Kier alpha value is -2.12. The standard InChI is InChI=1S/C23H36N4O3.ClH/c1-14(2)17-6-8-19(9-7-17)26-21(28)16(5)25-22(29)18-10-12-27(13-11-18)23(30)20(24)15(3)4;/h6-9,14-16,18,20H,10-13,24H2,1-5H3,(H,25,29)(H,26,28);1H/t16-,20-;/m0./s1. The average molecular weight is 453 g/mol. The van der Waals surface area contributed by atoms with Crippen LogP contribution in [0.25, 0.3) is 0 Å². The molecule has 0 spiro atoms. The molecule has 0 aromatic heterocycles. The Balaban J connectivity index is 0.00000480. The number of hydrogen-bond acceptors (Lipinski definition) is 3. The number of carbonyl (C=O) groups excluding carboxylic acids is 3. The Morgan fingerprint density at radius 2 is 1.55 bits per heavy atom. The molecule has 2 atom stereocenters. The Morgan fingerprint density at radius 3 is 2.03 bits per heavy atom. The van der Waals surface area contributed by atoms with Crippen LogP contribution in [0.4, 0.5) is 5.69 Å². The van der Waals surface area contributed by atoms with Gasteiger partial charge in [-0.2, -0.15) is 0 Å². The predicted octanol–water partition coefficient (Wildman–Crippen LogP) is -1.24. The molecule has 3 amide bonds. The number of benzene rings is 1. The smallest absolute Gasteiger partial charge is 0.280 e. The van der Waals surface area contributed by atoms with Gasteiger partial charge < -0.3 is 33.7 Å². The molecule has 1 saturated heterocycles. The van der Waals surface area contributed by atoms with Crippen molar-refractivity contribution in [3.8, 4) is 0 Å². The number of anilines is 1. The van der Waals surface area contributed by atoms with E-state index in [4.69, 9.17) is 0 Å². The van der Waals surface area contributed by atoms with Gasteiger partial charge in [0.15, 0.2) is 6.04 Å². The summed E-state index contributed by atoms with van der Waals surface area (Å²) in [7, 11) is 0. The fourth-order valence-corrected chi connectivity index (χ4v) is 3.48. The topological polar surface area (TPSA) is 106 Å². The molecule has 174 valence electrons. The predicted molar refractivity (Wildman–Crippen MR) is 118 cm³/mol. The van der Waals surface area contributed by atoms with Crippen LogP contribution in [0.5, 0.6) is 0 Å². The Labute approximate surface area is 191 Å². The third-order valence-corrected chi connectivity index (χ3v) is 5.90. The van der Waals surface area contributed by atoms with E-state index in [0.717, 1.165) is 0 Å². The van der Waals surface area contributed by atoms with E-state index in [2.05, 4.69) is 30.2 Å². The van der Waals surface area contributed by atoms with Gasteiger partial charge in [0.1, 0.15) is 6.04 Å². The first-order chi connectivity index (χ1) is 14.1. The maximum atomic E-state index is 12.6. The van der Waals surface area contributed by atoms with Gasteiger partial charge in [-0.1, -0.05) is 39.8 Å². The van der Waals surface area contributed by atoms with Crippen molar-refractivity contribution in [1.29, 1.82) is 0 Å². The van der Waals surface area contributed by atoms with Crippen LogP contribution in [0.2, 0.25) is 0 Å². The second-order valence-corrected chi connectivity index (χ2v) is 8.95. The fourth-order valence-electron chi connectivity index (χ4n) is 3.48. The second-order valence-electron chi connectivity index (χ2n) is 8.95. The van der Waals surface area contributed by atoms with Crippen LogP contribution in [-0.2, 0) is 14.4 Å².